The Morgan fingerprint density at radius 2 is 2.11 bits per heavy atom. The topological polar surface area (TPSA) is 64.5 Å². The quantitative estimate of drug-likeness (QED) is 0.897. The average Bonchev–Trinajstić information content (AvgIpc) is 2.88. The second-order valence-electron chi connectivity index (χ2n) is 3.81. The number of H-pyrrole nitrogens is 1. The van der Waals surface area contributed by atoms with Gasteiger partial charge in [0, 0.05) is 11.9 Å². The lowest BCUT2D eigenvalue weighted by atomic mass is 10.1. The van der Waals surface area contributed by atoms with Gasteiger partial charge in [-0.05, 0) is 24.3 Å². The monoisotopic (exact) mass is 266 g/mol. The van der Waals surface area contributed by atoms with Gasteiger partial charge in [0.25, 0.3) is 0 Å². The molecule has 0 aliphatic carbocycles. The fraction of sp³-hybridized carbons (Fsp3) is 0.167. The van der Waals surface area contributed by atoms with Crippen molar-refractivity contribution in [3.8, 4) is 6.07 Å². The zero-order valence-corrected chi connectivity index (χ0v) is 9.62. The molecule has 19 heavy (non-hydrogen) atoms. The summed E-state index contributed by atoms with van der Waals surface area (Å²) < 4.78 is 38.6. The van der Waals surface area contributed by atoms with Gasteiger partial charge < -0.3 is 5.32 Å². The second kappa shape index (κ2) is 5.02. The van der Waals surface area contributed by atoms with Crippen LogP contribution in [0.3, 0.4) is 0 Å². The lowest BCUT2D eigenvalue weighted by Crippen LogP contribution is -2.11. The Balaban J connectivity index is 2.27. The van der Waals surface area contributed by atoms with E-state index < -0.39 is 11.7 Å². The molecule has 0 amide bonds. The lowest BCUT2D eigenvalue weighted by Gasteiger charge is -2.14. The minimum atomic E-state index is -4.51. The highest BCUT2D eigenvalue weighted by atomic mass is 19.4. The van der Waals surface area contributed by atoms with Crippen LogP contribution in [-0.2, 0) is 12.7 Å². The molecule has 2 N–H and O–H groups in total. The van der Waals surface area contributed by atoms with Gasteiger partial charge in [0.1, 0.15) is 0 Å². The molecular weight excluding hydrogens is 257 g/mol. The molecule has 0 atom stereocenters. The highest BCUT2D eigenvalue weighted by Crippen LogP contribution is 2.35. The number of nitrogens with zero attached hydrogens (tertiary/aromatic N) is 2. The molecule has 0 aliphatic heterocycles. The Morgan fingerprint density at radius 3 is 2.68 bits per heavy atom. The van der Waals surface area contributed by atoms with Crippen LogP contribution in [0.5, 0.6) is 0 Å². The summed E-state index contributed by atoms with van der Waals surface area (Å²) in [7, 11) is 0. The fourth-order valence-corrected chi connectivity index (χ4v) is 1.58. The van der Waals surface area contributed by atoms with E-state index in [0.717, 1.165) is 6.07 Å². The standard InChI is InChI=1S/C12H9F3N4/c13-12(14,15)10-5-8(6-16)1-2-11(10)17-7-9-3-4-18-19-9/h1-5,17H,7H2,(H,18,19). The zero-order chi connectivity index (χ0) is 13.9. The first kappa shape index (κ1) is 13.0. The van der Waals surface area contributed by atoms with Gasteiger partial charge in [-0.15, -0.1) is 0 Å². The van der Waals surface area contributed by atoms with Crippen LogP contribution < -0.4 is 5.32 Å². The van der Waals surface area contributed by atoms with Gasteiger partial charge >= 0.3 is 6.18 Å². The number of anilines is 1. The number of hydrogen-bond acceptors (Lipinski definition) is 3. The first-order chi connectivity index (χ1) is 9.00. The molecule has 0 fully saturated rings. The van der Waals surface area contributed by atoms with Crippen molar-refractivity contribution in [1.82, 2.24) is 10.2 Å². The summed E-state index contributed by atoms with van der Waals surface area (Å²) in [6, 6.07) is 6.76. The molecule has 7 heteroatoms. The molecule has 0 saturated heterocycles. The summed E-state index contributed by atoms with van der Waals surface area (Å²) in [5, 5.41) is 17.7. The van der Waals surface area contributed by atoms with Crippen LogP contribution in [0, 0.1) is 11.3 Å². The van der Waals surface area contributed by atoms with Crippen LogP contribution in [0.15, 0.2) is 30.5 Å². The number of nitrogens with one attached hydrogen (secondary N) is 2. The number of alkyl halides is 3. The van der Waals surface area contributed by atoms with Crippen molar-refractivity contribution < 1.29 is 13.2 Å². The number of aromatic nitrogens is 2. The summed E-state index contributed by atoms with van der Waals surface area (Å²) in [6.45, 7) is 0.189. The highest BCUT2D eigenvalue weighted by molar-refractivity contribution is 5.56. The van der Waals surface area contributed by atoms with Crippen molar-refractivity contribution in [3.63, 3.8) is 0 Å². The van der Waals surface area contributed by atoms with Crippen LogP contribution in [0.4, 0.5) is 18.9 Å². The van der Waals surface area contributed by atoms with E-state index in [0.29, 0.717) is 5.69 Å². The van der Waals surface area contributed by atoms with E-state index in [1.807, 2.05) is 0 Å². The maximum Gasteiger partial charge on any atom is 0.418 e. The maximum absolute atomic E-state index is 12.9. The number of rotatable bonds is 3. The third-order valence-corrected chi connectivity index (χ3v) is 2.48. The summed E-state index contributed by atoms with van der Waals surface area (Å²) in [4.78, 5) is 0. The molecular formula is C12H9F3N4. The van der Waals surface area contributed by atoms with Crippen molar-refractivity contribution in [2.45, 2.75) is 12.7 Å². The summed E-state index contributed by atoms with van der Waals surface area (Å²) in [6.07, 6.45) is -3.00. The normalized spacial score (nSPS) is 11.1. The first-order valence-electron chi connectivity index (χ1n) is 5.34. The summed E-state index contributed by atoms with van der Waals surface area (Å²) in [5.41, 5.74) is -0.288. The largest absolute Gasteiger partial charge is 0.418 e. The molecule has 0 bridgehead atoms. The third kappa shape index (κ3) is 3.04. The fourth-order valence-electron chi connectivity index (χ4n) is 1.58. The van der Waals surface area contributed by atoms with Crippen molar-refractivity contribution in [1.29, 1.82) is 5.26 Å². The summed E-state index contributed by atoms with van der Waals surface area (Å²) in [5.74, 6) is 0. The molecule has 1 aromatic heterocycles. The van der Waals surface area contributed by atoms with E-state index >= 15 is 0 Å². The molecule has 0 unspecified atom stereocenters. The molecule has 1 aromatic carbocycles. The van der Waals surface area contributed by atoms with Crippen molar-refractivity contribution in [3.05, 3.63) is 47.3 Å². The van der Waals surface area contributed by atoms with E-state index in [-0.39, 0.29) is 17.8 Å². The van der Waals surface area contributed by atoms with E-state index in [4.69, 9.17) is 5.26 Å². The Hall–Kier alpha value is -2.49. The molecule has 0 spiro atoms. The van der Waals surface area contributed by atoms with Crippen LogP contribution in [0.1, 0.15) is 16.8 Å². The lowest BCUT2D eigenvalue weighted by molar-refractivity contribution is -0.137. The van der Waals surface area contributed by atoms with Crippen LogP contribution in [0.25, 0.3) is 0 Å². The van der Waals surface area contributed by atoms with Gasteiger partial charge in [-0.2, -0.15) is 23.5 Å². The van der Waals surface area contributed by atoms with E-state index in [1.54, 1.807) is 12.1 Å². The molecule has 4 nitrogen and oxygen atoms in total. The third-order valence-electron chi connectivity index (χ3n) is 2.48. The van der Waals surface area contributed by atoms with Crippen molar-refractivity contribution in [2.75, 3.05) is 5.32 Å². The Morgan fingerprint density at radius 1 is 1.32 bits per heavy atom. The van der Waals surface area contributed by atoms with Gasteiger partial charge in [-0.3, -0.25) is 5.10 Å². The Kier molecular flexibility index (Phi) is 3.42. The zero-order valence-electron chi connectivity index (χ0n) is 9.62. The second-order valence-corrected chi connectivity index (χ2v) is 3.81. The molecule has 98 valence electrons. The Bertz CT molecular complexity index is 596. The van der Waals surface area contributed by atoms with E-state index in [1.165, 1.54) is 18.3 Å². The summed E-state index contributed by atoms with van der Waals surface area (Å²) >= 11 is 0. The number of benzene rings is 1. The SMILES string of the molecule is N#Cc1ccc(NCc2ccn[nH]2)c(C(F)(F)F)c1. The number of hydrogen-bond donors (Lipinski definition) is 2. The van der Waals surface area contributed by atoms with Gasteiger partial charge in [0.2, 0.25) is 0 Å². The first-order valence-corrected chi connectivity index (χ1v) is 5.34. The Labute approximate surface area is 106 Å². The number of halogens is 3. The van der Waals surface area contributed by atoms with E-state index in [9.17, 15) is 13.2 Å². The smallest absolute Gasteiger partial charge is 0.379 e. The maximum atomic E-state index is 12.9. The molecule has 2 aromatic rings. The highest BCUT2D eigenvalue weighted by Gasteiger charge is 2.33. The van der Waals surface area contributed by atoms with Gasteiger partial charge in [-0.25, -0.2) is 0 Å². The molecule has 0 radical (unpaired) electrons. The van der Waals surface area contributed by atoms with Gasteiger partial charge in [0.15, 0.2) is 0 Å². The molecule has 1 heterocycles. The predicted molar refractivity (Wildman–Crippen MR) is 62.1 cm³/mol. The number of nitriles is 1. The minimum Gasteiger partial charge on any atom is -0.379 e. The van der Waals surface area contributed by atoms with Gasteiger partial charge in [0.05, 0.1) is 29.4 Å². The molecule has 0 aliphatic rings. The van der Waals surface area contributed by atoms with Crippen molar-refractivity contribution in [2.24, 2.45) is 0 Å². The molecule has 0 saturated carbocycles. The average molecular weight is 266 g/mol. The van der Waals surface area contributed by atoms with Crippen LogP contribution in [0.2, 0.25) is 0 Å². The minimum absolute atomic E-state index is 0.0283. The molecule has 2 rings (SSSR count). The van der Waals surface area contributed by atoms with E-state index in [2.05, 4.69) is 15.5 Å². The predicted octanol–water partition coefficient (Wildman–Crippen LogP) is 2.91. The van der Waals surface area contributed by atoms with Crippen LogP contribution in [-0.4, -0.2) is 10.2 Å². The van der Waals surface area contributed by atoms with Crippen LogP contribution >= 0.6 is 0 Å². The number of aromatic amines is 1. The van der Waals surface area contributed by atoms with Gasteiger partial charge in [-0.1, -0.05) is 0 Å². The van der Waals surface area contributed by atoms with Crippen molar-refractivity contribution >= 4 is 5.69 Å².